The normalized spacial score (nSPS) is 10.0. The van der Waals surface area contributed by atoms with Crippen molar-refractivity contribution in [1.29, 1.82) is 0 Å². The zero-order valence-corrected chi connectivity index (χ0v) is 9.32. The summed E-state index contributed by atoms with van der Waals surface area (Å²) in [7, 11) is 0. The first-order valence-electron chi connectivity index (χ1n) is 3.42. The van der Waals surface area contributed by atoms with E-state index in [0.717, 1.165) is 0 Å². The molecular weight excluding hydrogens is 293 g/mol. The van der Waals surface area contributed by atoms with Crippen molar-refractivity contribution in [2.24, 2.45) is 0 Å². The molecule has 66 valence electrons. The van der Waals surface area contributed by atoms with Crippen molar-refractivity contribution in [3.63, 3.8) is 0 Å². The molecule has 0 amide bonds. The highest BCUT2D eigenvalue weighted by molar-refractivity contribution is 14.1. The molecule has 0 aliphatic carbocycles. The van der Waals surface area contributed by atoms with Crippen molar-refractivity contribution in [2.75, 3.05) is 6.61 Å². The van der Waals surface area contributed by atoms with Crippen LogP contribution in [0.3, 0.4) is 0 Å². The summed E-state index contributed by atoms with van der Waals surface area (Å²) in [5.74, 6) is 0.217. The largest absolute Gasteiger partial charge is 0.491 e. The highest BCUT2D eigenvalue weighted by Gasteiger charge is 2.07. The molecule has 0 fully saturated rings. The molecule has 0 radical (unpaired) electrons. The Labute approximate surface area is 89.0 Å². The molecule has 0 aliphatic heterocycles. The van der Waals surface area contributed by atoms with Crippen LogP contribution in [-0.2, 0) is 0 Å². The van der Waals surface area contributed by atoms with Gasteiger partial charge >= 0.3 is 0 Å². The lowest BCUT2D eigenvalue weighted by Crippen LogP contribution is -1.95. The SMILES string of the molecule is CCOc1c(Cl)cc(F)cc1I. The Hall–Kier alpha value is -0.0300. The first kappa shape index (κ1) is 10.1. The Morgan fingerprint density at radius 2 is 2.25 bits per heavy atom. The fourth-order valence-electron chi connectivity index (χ4n) is 0.811. The van der Waals surface area contributed by atoms with Gasteiger partial charge in [-0.15, -0.1) is 0 Å². The first-order valence-corrected chi connectivity index (χ1v) is 4.88. The molecule has 0 unspecified atom stereocenters. The molecule has 0 bridgehead atoms. The second kappa shape index (κ2) is 4.28. The van der Waals surface area contributed by atoms with Crippen molar-refractivity contribution < 1.29 is 9.13 Å². The summed E-state index contributed by atoms with van der Waals surface area (Å²) in [6.07, 6.45) is 0. The summed E-state index contributed by atoms with van der Waals surface area (Å²) in [6.45, 7) is 2.39. The Morgan fingerprint density at radius 1 is 1.58 bits per heavy atom. The van der Waals surface area contributed by atoms with Crippen LogP contribution in [0.2, 0.25) is 5.02 Å². The van der Waals surface area contributed by atoms with E-state index in [0.29, 0.717) is 20.9 Å². The molecule has 0 saturated carbocycles. The lowest BCUT2D eigenvalue weighted by atomic mass is 10.3. The molecule has 0 saturated heterocycles. The highest BCUT2D eigenvalue weighted by Crippen LogP contribution is 2.30. The topological polar surface area (TPSA) is 9.23 Å². The minimum atomic E-state index is -0.340. The van der Waals surface area contributed by atoms with Gasteiger partial charge in [-0.1, -0.05) is 11.6 Å². The molecule has 1 rings (SSSR count). The zero-order valence-electron chi connectivity index (χ0n) is 6.40. The molecule has 0 aromatic heterocycles. The minimum Gasteiger partial charge on any atom is -0.491 e. The van der Waals surface area contributed by atoms with E-state index >= 15 is 0 Å². The number of hydrogen-bond donors (Lipinski definition) is 0. The standard InChI is InChI=1S/C8H7ClFIO/c1-2-12-8-6(9)3-5(10)4-7(8)11/h3-4H,2H2,1H3. The predicted octanol–water partition coefficient (Wildman–Crippen LogP) is 3.48. The number of rotatable bonds is 2. The van der Waals surface area contributed by atoms with Crippen molar-refractivity contribution in [2.45, 2.75) is 6.92 Å². The van der Waals surface area contributed by atoms with Gasteiger partial charge in [-0.25, -0.2) is 4.39 Å². The quantitative estimate of drug-likeness (QED) is 0.760. The van der Waals surface area contributed by atoms with Crippen LogP contribution in [0.25, 0.3) is 0 Å². The van der Waals surface area contributed by atoms with Gasteiger partial charge in [-0.05, 0) is 41.6 Å². The van der Waals surface area contributed by atoms with Crippen LogP contribution in [0.15, 0.2) is 12.1 Å². The molecule has 0 aliphatic rings. The Balaban J connectivity index is 3.10. The molecular formula is C8H7ClFIO. The zero-order chi connectivity index (χ0) is 9.14. The third-order valence-electron chi connectivity index (χ3n) is 1.25. The van der Waals surface area contributed by atoms with E-state index in [-0.39, 0.29) is 5.82 Å². The van der Waals surface area contributed by atoms with E-state index in [1.54, 1.807) is 0 Å². The summed E-state index contributed by atoms with van der Waals surface area (Å²) in [5, 5.41) is 0.321. The lowest BCUT2D eigenvalue weighted by molar-refractivity contribution is 0.337. The van der Waals surface area contributed by atoms with Crippen molar-refractivity contribution in [3.8, 4) is 5.75 Å². The average Bonchev–Trinajstić information content (AvgIpc) is 1.96. The molecule has 0 N–H and O–H groups in total. The lowest BCUT2D eigenvalue weighted by Gasteiger charge is -2.07. The van der Waals surface area contributed by atoms with Crippen molar-refractivity contribution in [3.05, 3.63) is 26.5 Å². The number of ether oxygens (including phenoxy) is 1. The van der Waals surface area contributed by atoms with Crippen LogP contribution in [0.1, 0.15) is 6.92 Å². The maximum atomic E-state index is 12.7. The van der Waals surface area contributed by atoms with Gasteiger partial charge in [0.2, 0.25) is 0 Å². The fraction of sp³-hybridized carbons (Fsp3) is 0.250. The number of halogens is 3. The van der Waals surface area contributed by atoms with Gasteiger partial charge in [0, 0.05) is 0 Å². The average molecular weight is 300 g/mol. The van der Waals surface area contributed by atoms with Crippen molar-refractivity contribution in [1.82, 2.24) is 0 Å². The third-order valence-corrected chi connectivity index (χ3v) is 2.33. The second-order valence-corrected chi connectivity index (χ2v) is 3.70. The van der Waals surface area contributed by atoms with E-state index in [1.807, 2.05) is 29.5 Å². The van der Waals surface area contributed by atoms with Crippen LogP contribution in [0, 0.1) is 9.39 Å². The Morgan fingerprint density at radius 3 is 2.75 bits per heavy atom. The van der Waals surface area contributed by atoms with E-state index in [9.17, 15) is 4.39 Å². The summed E-state index contributed by atoms with van der Waals surface area (Å²) in [4.78, 5) is 0. The molecule has 4 heteroatoms. The monoisotopic (exact) mass is 300 g/mol. The van der Waals surface area contributed by atoms with Crippen molar-refractivity contribution >= 4 is 34.2 Å². The van der Waals surface area contributed by atoms with Gasteiger partial charge in [0.15, 0.2) is 5.75 Å². The Bertz CT molecular complexity index is 267. The van der Waals surface area contributed by atoms with Crippen LogP contribution in [0.4, 0.5) is 4.39 Å². The number of hydrogen-bond acceptors (Lipinski definition) is 1. The molecule has 1 aromatic rings. The van der Waals surface area contributed by atoms with E-state index < -0.39 is 0 Å². The minimum absolute atomic E-state index is 0.321. The maximum absolute atomic E-state index is 12.7. The van der Waals surface area contributed by atoms with Crippen LogP contribution >= 0.6 is 34.2 Å². The Kier molecular flexibility index (Phi) is 3.58. The molecule has 0 atom stereocenters. The van der Waals surface area contributed by atoms with E-state index in [2.05, 4.69) is 0 Å². The van der Waals surface area contributed by atoms with Crippen LogP contribution in [0.5, 0.6) is 5.75 Å². The van der Waals surface area contributed by atoms with Gasteiger partial charge in [-0.2, -0.15) is 0 Å². The summed E-state index contributed by atoms with van der Waals surface area (Å²) < 4.78 is 18.6. The predicted molar refractivity (Wildman–Crippen MR) is 55.3 cm³/mol. The maximum Gasteiger partial charge on any atom is 0.151 e. The van der Waals surface area contributed by atoms with Gasteiger partial charge in [0.1, 0.15) is 5.82 Å². The van der Waals surface area contributed by atoms with Crippen LogP contribution < -0.4 is 4.74 Å². The first-order chi connectivity index (χ1) is 5.65. The summed E-state index contributed by atoms with van der Waals surface area (Å²) >= 11 is 7.73. The summed E-state index contributed by atoms with van der Waals surface area (Å²) in [6, 6.07) is 2.63. The molecule has 0 heterocycles. The van der Waals surface area contributed by atoms with Crippen LogP contribution in [-0.4, -0.2) is 6.61 Å². The highest BCUT2D eigenvalue weighted by atomic mass is 127. The molecule has 1 nitrogen and oxygen atoms in total. The molecule has 1 aromatic carbocycles. The van der Waals surface area contributed by atoms with Gasteiger partial charge in [0.25, 0.3) is 0 Å². The fourth-order valence-corrected chi connectivity index (χ4v) is 1.97. The second-order valence-electron chi connectivity index (χ2n) is 2.13. The van der Waals surface area contributed by atoms with E-state index in [1.165, 1.54) is 12.1 Å². The molecule has 12 heavy (non-hydrogen) atoms. The molecule has 0 spiro atoms. The third kappa shape index (κ3) is 2.23. The smallest absolute Gasteiger partial charge is 0.151 e. The van der Waals surface area contributed by atoms with Gasteiger partial charge in [0.05, 0.1) is 15.2 Å². The van der Waals surface area contributed by atoms with E-state index in [4.69, 9.17) is 16.3 Å². The van der Waals surface area contributed by atoms with Gasteiger partial charge in [-0.3, -0.25) is 0 Å². The number of benzene rings is 1. The summed E-state index contributed by atoms with van der Waals surface area (Å²) in [5.41, 5.74) is 0. The van der Waals surface area contributed by atoms with Gasteiger partial charge < -0.3 is 4.74 Å².